The zero-order valence-corrected chi connectivity index (χ0v) is 29.1. The summed E-state index contributed by atoms with van der Waals surface area (Å²) in [6.07, 6.45) is 5.01. The molecule has 1 heterocycles. The Bertz CT molecular complexity index is 1100. The molecule has 0 aromatic rings. The van der Waals surface area contributed by atoms with Crippen LogP contribution in [-0.4, -0.2) is 89.0 Å². The van der Waals surface area contributed by atoms with Crippen molar-refractivity contribution in [1.29, 1.82) is 0 Å². The molecule has 0 bridgehead atoms. The minimum atomic E-state index is -1.10. The number of carbonyl (C=O) groups excluding carboxylic acids is 6. The Morgan fingerprint density at radius 3 is 1.78 bits per heavy atom. The van der Waals surface area contributed by atoms with Crippen molar-refractivity contribution in [3.8, 4) is 0 Å². The second-order valence-corrected chi connectivity index (χ2v) is 15.8. The fraction of sp³-hybridized carbons (Fsp3) is 0.818. The summed E-state index contributed by atoms with van der Waals surface area (Å²) in [6.45, 7) is 17.9. The van der Waals surface area contributed by atoms with Gasteiger partial charge in [-0.1, -0.05) is 75.2 Å². The molecule has 6 amide bonds. The van der Waals surface area contributed by atoms with Crippen molar-refractivity contribution in [2.45, 2.75) is 137 Å². The van der Waals surface area contributed by atoms with Crippen LogP contribution in [0.25, 0.3) is 0 Å². The second kappa shape index (κ2) is 15.4. The minimum absolute atomic E-state index is 0.182. The summed E-state index contributed by atoms with van der Waals surface area (Å²) in [6, 6.07) is -4.14. The predicted molar refractivity (Wildman–Crippen MR) is 173 cm³/mol. The number of amides is 6. The number of nitrogens with zero attached hydrogens (tertiary/aromatic N) is 2. The summed E-state index contributed by atoms with van der Waals surface area (Å²) >= 11 is 0. The van der Waals surface area contributed by atoms with Crippen LogP contribution in [0.2, 0.25) is 0 Å². The molecular weight excluding hydrogens is 576 g/mol. The maximum absolute atomic E-state index is 13.9. The molecule has 3 rings (SSSR count). The van der Waals surface area contributed by atoms with Crippen molar-refractivity contribution in [3.05, 3.63) is 0 Å². The molecule has 12 heteroatoms. The Balaban J connectivity index is 0.00000166. The van der Waals surface area contributed by atoms with E-state index in [9.17, 15) is 28.8 Å². The lowest BCUT2D eigenvalue weighted by molar-refractivity contribution is -0.143. The van der Waals surface area contributed by atoms with Crippen molar-refractivity contribution < 1.29 is 28.8 Å². The molecule has 1 saturated heterocycles. The summed E-state index contributed by atoms with van der Waals surface area (Å²) in [5, 5.41) is 8.26. The summed E-state index contributed by atoms with van der Waals surface area (Å²) in [5.41, 5.74) is 3.92. The number of carbonyl (C=O) groups is 6. The van der Waals surface area contributed by atoms with Gasteiger partial charge in [0, 0.05) is 19.6 Å². The number of hydrogen-bond donors (Lipinski definition) is 4. The van der Waals surface area contributed by atoms with Crippen LogP contribution < -0.4 is 21.7 Å². The quantitative estimate of drug-likeness (QED) is 0.255. The van der Waals surface area contributed by atoms with Crippen LogP contribution in [0, 0.1) is 22.7 Å². The summed E-state index contributed by atoms with van der Waals surface area (Å²) < 4.78 is 0. The van der Waals surface area contributed by atoms with Crippen LogP contribution in [0.3, 0.4) is 0 Å². The average molecular weight is 635 g/mol. The molecule has 0 aromatic carbocycles. The van der Waals surface area contributed by atoms with Crippen molar-refractivity contribution in [2.75, 3.05) is 13.6 Å². The van der Waals surface area contributed by atoms with Crippen molar-refractivity contribution in [1.82, 2.24) is 25.8 Å². The summed E-state index contributed by atoms with van der Waals surface area (Å²) in [4.78, 5) is 80.7. The number of rotatable bonds is 11. The molecule has 0 aromatic heterocycles. The zero-order chi connectivity index (χ0) is 34.4. The molecule has 2 aliphatic carbocycles. The van der Waals surface area contributed by atoms with Gasteiger partial charge in [-0.3, -0.25) is 24.0 Å². The number of Topliss-reactive ketones (excluding diaryl/α,β-unsaturated/α-hetero) is 1. The first kappa shape index (κ1) is 38.0. The smallest absolute Gasteiger partial charge is 0.316 e. The van der Waals surface area contributed by atoms with E-state index in [-0.39, 0.29) is 17.9 Å². The largest absolute Gasteiger partial charge is 0.363 e. The molecule has 45 heavy (non-hydrogen) atoms. The fourth-order valence-corrected chi connectivity index (χ4v) is 5.27. The molecule has 4 unspecified atom stereocenters. The number of hydrogen-bond acceptors (Lipinski definition) is 6. The molecule has 0 radical (unpaired) electrons. The van der Waals surface area contributed by atoms with Gasteiger partial charge in [0.1, 0.15) is 18.1 Å². The lowest BCUT2D eigenvalue weighted by Gasteiger charge is -2.37. The Morgan fingerprint density at radius 2 is 1.33 bits per heavy atom. The van der Waals surface area contributed by atoms with Crippen molar-refractivity contribution in [2.24, 2.45) is 28.4 Å². The predicted octanol–water partition coefficient (Wildman–Crippen LogP) is 2.73. The number of primary amides is 1. The molecule has 4 atom stereocenters. The first-order valence-electron chi connectivity index (χ1n) is 16.4. The third kappa shape index (κ3) is 11.6. The molecule has 0 spiro atoms. The van der Waals surface area contributed by atoms with Gasteiger partial charge in [-0.05, 0) is 54.8 Å². The number of likely N-dealkylation sites (N-methyl/N-ethyl adjacent to an activating group) is 1. The zero-order valence-electron chi connectivity index (χ0n) is 29.1. The number of ketones is 1. The molecule has 12 nitrogen and oxygen atoms in total. The van der Waals surface area contributed by atoms with Crippen LogP contribution in [0.1, 0.15) is 107 Å². The first-order valence-corrected chi connectivity index (χ1v) is 16.4. The van der Waals surface area contributed by atoms with E-state index in [1.54, 1.807) is 11.9 Å². The molecule has 2 saturated carbocycles. The average Bonchev–Trinajstić information content (AvgIpc) is 3.85. The van der Waals surface area contributed by atoms with Gasteiger partial charge in [0.25, 0.3) is 5.91 Å². The molecule has 1 aliphatic heterocycles. The number of likely N-dealkylation sites (tertiary alicyclic amines) is 1. The van der Waals surface area contributed by atoms with E-state index >= 15 is 0 Å². The maximum Gasteiger partial charge on any atom is 0.316 e. The summed E-state index contributed by atoms with van der Waals surface area (Å²) in [5.74, 6) is -1.99. The van der Waals surface area contributed by atoms with E-state index in [1.807, 2.05) is 41.5 Å². The third-order valence-corrected chi connectivity index (χ3v) is 8.20. The van der Waals surface area contributed by atoms with Gasteiger partial charge < -0.3 is 31.5 Å². The molecule has 3 aliphatic rings. The molecule has 5 N–H and O–H groups in total. The van der Waals surface area contributed by atoms with Crippen molar-refractivity contribution in [3.63, 3.8) is 0 Å². The van der Waals surface area contributed by atoms with Crippen LogP contribution in [0.15, 0.2) is 0 Å². The van der Waals surface area contributed by atoms with Gasteiger partial charge in [-0.25, -0.2) is 4.79 Å². The van der Waals surface area contributed by atoms with E-state index in [4.69, 9.17) is 5.73 Å². The Kier molecular flexibility index (Phi) is 13.0. The Hall–Kier alpha value is -3.18. The van der Waals surface area contributed by atoms with Crippen molar-refractivity contribution >= 4 is 35.4 Å². The standard InChI is InChI=1S/C29H48N6O6.C4H10/c1-28(2,3)21(25(39)34(7)17-12-13-17)32-27(41)33-22(29(4,5)6)26(40)35-14-8-9-19(35)24(38)31-18(15-16-10-11-16)20(36)23(30)37;1-4(2)3/h16-19,21-22H,8-15H2,1-7H3,(H2,30,37)(H,31,38)(H2,32,33,41);4H,1-3H3. The van der Waals surface area contributed by atoms with E-state index < -0.39 is 64.5 Å². The Labute approximate surface area is 269 Å². The third-order valence-electron chi connectivity index (χ3n) is 8.20. The SMILES string of the molecule is CC(C)C.CN(C(=O)C(NC(=O)NC(C(=O)N1CCCC1C(=O)NC(CC1CC1)C(=O)C(N)=O)C(C)(C)C)C(C)(C)C)C1CC1. The molecule has 256 valence electrons. The minimum Gasteiger partial charge on any atom is -0.363 e. The number of nitrogens with one attached hydrogen (secondary N) is 3. The highest BCUT2D eigenvalue weighted by Gasteiger charge is 2.44. The van der Waals surface area contributed by atoms with E-state index in [0.29, 0.717) is 25.8 Å². The van der Waals surface area contributed by atoms with E-state index in [0.717, 1.165) is 31.6 Å². The van der Waals surface area contributed by atoms with Gasteiger partial charge in [-0.2, -0.15) is 0 Å². The summed E-state index contributed by atoms with van der Waals surface area (Å²) in [7, 11) is 1.74. The monoisotopic (exact) mass is 634 g/mol. The molecular formula is C33H58N6O6. The highest BCUT2D eigenvalue weighted by Crippen LogP contribution is 2.34. The number of urea groups is 1. The lowest BCUT2D eigenvalue weighted by Crippen LogP contribution is -2.62. The topological polar surface area (TPSA) is 171 Å². The first-order chi connectivity index (χ1) is 20.6. The number of nitrogens with two attached hydrogens (primary N) is 1. The van der Waals surface area contributed by atoms with Gasteiger partial charge in [0.2, 0.25) is 23.5 Å². The van der Waals surface area contributed by atoms with Gasteiger partial charge >= 0.3 is 6.03 Å². The lowest BCUT2D eigenvalue weighted by atomic mass is 9.85. The van der Waals surface area contributed by atoms with Crippen LogP contribution in [-0.2, 0) is 24.0 Å². The fourth-order valence-electron chi connectivity index (χ4n) is 5.27. The van der Waals surface area contributed by atoms with E-state index in [2.05, 4.69) is 36.7 Å². The van der Waals surface area contributed by atoms with E-state index in [1.165, 1.54) is 4.90 Å². The highest BCUT2D eigenvalue weighted by molar-refractivity contribution is 6.37. The maximum atomic E-state index is 13.9. The van der Waals surface area contributed by atoms with Crippen LogP contribution >= 0.6 is 0 Å². The van der Waals surface area contributed by atoms with Gasteiger partial charge in [0.15, 0.2) is 0 Å². The van der Waals surface area contributed by atoms with Gasteiger partial charge in [-0.15, -0.1) is 0 Å². The van der Waals surface area contributed by atoms with Gasteiger partial charge in [0.05, 0.1) is 6.04 Å². The highest BCUT2D eigenvalue weighted by atomic mass is 16.2. The second-order valence-electron chi connectivity index (χ2n) is 15.8. The normalized spacial score (nSPS) is 20.2. The van der Waals surface area contributed by atoms with Crippen LogP contribution in [0.5, 0.6) is 0 Å². The molecule has 3 fully saturated rings. The Morgan fingerprint density at radius 1 is 0.822 bits per heavy atom. The van der Waals surface area contributed by atoms with Crippen LogP contribution in [0.4, 0.5) is 4.79 Å².